The van der Waals surface area contributed by atoms with Crippen LogP contribution < -0.4 is 14.0 Å². The summed E-state index contributed by atoms with van der Waals surface area (Å²) in [5.74, 6) is 2.09. The average Bonchev–Trinajstić information content (AvgIpc) is 2.81. The SMILES string of the molecule is CC(Oc1ccc(C(=C2CCOc3ccccc32)c2ccc(OP(O)O)cc2)cc1)N(C)C. The third-order valence-corrected chi connectivity index (χ3v) is 6.00. The molecule has 4 rings (SSSR count). The van der Waals surface area contributed by atoms with Crippen LogP contribution in [0.15, 0.2) is 72.8 Å². The summed E-state index contributed by atoms with van der Waals surface area (Å²) in [6, 6.07) is 23.6. The molecule has 1 heterocycles. The van der Waals surface area contributed by atoms with Crippen LogP contribution in [0.4, 0.5) is 0 Å². The van der Waals surface area contributed by atoms with E-state index in [0.29, 0.717) is 12.4 Å². The second-order valence-corrected chi connectivity index (χ2v) is 8.71. The van der Waals surface area contributed by atoms with Gasteiger partial charge in [-0.2, -0.15) is 0 Å². The zero-order chi connectivity index (χ0) is 23.4. The van der Waals surface area contributed by atoms with Crippen LogP contribution in [0, 0.1) is 0 Å². The normalized spacial score (nSPS) is 15.6. The number of hydrogen-bond acceptors (Lipinski definition) is 6. The number of rotatable bonds is 7. The molecule has 1 atom stereocenters. The van der Waals surface area contributed by atoms with E-state index in [4.69, 9.17) is 23.8 Å². The molecular formula is C26H28NO5P. The van der Waals surface area contributed by atoms with Crippen molar-refractivity contribution in [1.29, 1.82) is 0 Å². The van der Waals surface area contributed by atoms with Crippen LogP contribution in [-0.2, 0) is 0 Å². The second kappa shape index (κ2) is 10.4. The van der Waals surface area contributed by atoms with Gasteiger partial charge in [0.05, 0.1) is 6.61 Å². The summed E-state index contributed by atoms with van der Waals surface area (Å²) in [5.41, 5.74) is 5.44. The fourth-order valence-corrected chi connectivity index (χ4v) is 4.10. The molecule has 0 saturated carbocycles. The van der Waals surface area contributed by atoms with Crippen molar-refractivity contribution in [3.8, 4) is 17.2 Å². The number of ether oxygens (including phenoxy) is 2. The molecule has 0 aliphatic carbocycles. The van der Waals surface area contributed by atoms with E-state index in [-0.39, 0.29) is 6.23 Å². The van der Waals surface area contributed by atoms with E-state index in [1.165, 1.54) is 5.57 Å². The Hall–Kier alpha value is -2.89. The average molecular weight is 465 g/mol. The molecule has 2 N–H and O–H groups in total. The minimum absolute atomic E-state index is 0.0351. The third kappa shape index (κ3) is 5.55. The lowest BCUT2D eigenvalue weighted by Crippen LogP contribution is -2.30. The Labute approximate surface area is 195 Å². The Morgan fingerprint density at radius 3 is 2.12 bits per heavy atom. The highest BCUT2D eigenvalue weighted by Crippen LogP contribution is 2.41. The second-order valence-electron chi connectivity index (χ2n) is 8.02. The van der Waals surface area contributed by atoms with E-state index in [1.54, 1.807) is 12.1 Å². The van der Waals surface area contributed by atoms with Gasteiger partial charge in [0.15, 0.2) is 0 Å². The van der Waals surface area contributed by atoms with Gasteiger partial charge in [-0.3, -0.25) is 4.90 Å². The molecule has 0 bridgehead atoms. The first kappa shape index (κ1) is 23.3. The molecule has 33 heavy (non-hydrogen) atoms. The van der Waals surface area contributed by atoms with Crippen LogP contribution in [-0.4, -0.2) is 41.6 Å². The van der Waals surface area contributed by atoms with Gasteiger partial charge in [0.25, 0.3) is 0 Å². The van der Waals surface area contributed by atoms with Gasteiger partial charge in [-0.15, -0.1) is 0 Å². The predicted molar refractivity (Wildman–Crippen MR) is 131 cm³/mol. The summed E-state index contributed by atoms with van der Waals surface area (Å²) in [4.78, 5) is 20.3. The Balaban J connectivity index is 1.78. The predicted octanol–water partition coefficient (Wildman–Crippen LogP) is 5.30. The Bertz CT molecular complexity index is 1110. The van der Waals surface area contributed by atoms with Crippen LogP contribution in [0.2, 0.25) is 0 Å². The maximum absolute atomic E-state index is 9.16. The summed E-state index contributed by atoms with van der Waals surface area (Å²) in [6.07, 6.45) is 0.742. The first-order valence-corrected chi connectivity index (χ1v) is 11.9. The zero-order valence-corrected chi connectivity index (χ0v) is 19.8. The van der Waals surface area contributed by atoms with Gasteiger partial charge in [0.2, 0.25) is 0 Å². The van der Waals surface area contributed by atoms with Crippen molar-refractivity contribution >= 4 is 19.7 Å². The van der Waals surface area contributed by atoms with Crippen LogP contribution in [0.25, 0.3) is 11.1 Å². The van der Waals surface area contributed by atoms with E-state index in [0.717, 1.165) is 40.2 Å². The zero-order valence-electron chi connectivity index (χ0n) is 18.9. The minimum atomic E-state index is -2.45. The highest BCUT2D eigenvalue weighted by atomic mass is 31.2. The molecule has 0 radical (unpaired) electrons. The van der Waals surface area contributed by atoms with Crippen molar-refractivity contribution in [2.75, 3.05) is 20.7 Å². The maximum Gasteiger partial charge on any atom is 0.391 e. The van der Waals surface area contributed by atoms with E-state index in [2.05, 4.69) is 18.2 Å². The highest BCUT2D eigenvalue weighted by Gasteiger charge is 2.21. The lowest BCUT2D eigenvalue weighted by Gasteiger charge is -2.24. The van der Waals surface area contributed by atoms with Crippen LogP contribution in [0.5, 0.6) is 17.2 Å². The maximum atomic E-state index is 9.16. The summed E-state index contributed by atoms with van der Waals surface area (Å²) in [5, 5.41) is 0. The van der Waals surface area contributed by atoms with Crippen LogP contribution in [0.3, 0.4) is 0 Å². The quantitative estimate of drug-likeness (QED) is 0.364. The largest absolute Gasteiger partial charge is 0.493 e. The Morgan fingerprint density at radius 2 is 1.52 bits per heavy atom. The van der Waals surface area contributed by atoms with Gasteiger partial charge in [-0.05, 0) is 73.6 Å². The monoisotopic (exact) mass is 465 g/mol. The lowest BCUT2D eigenvalue weighted by atomic mass is 9.87. The first-order valence-electron chi connectivity index (χ1n) is 10.8. The number of benzene rings is 3. The van der Waals surface area contributed by atoms with E-state index >= 15 is 0 Å². The molecule has 1 aliphatic heterocycles. The smallest absolute Gasteiger partial charge is 0.391 e. The van der Waals surface area contributed by atoms with Crippen molar-refractivity contribution in [3.05, 3.63) is 89.5 Å². The summed E-state index contributed by atoms with van der Waals surface area (Å²) in [6.45, 7) is 2.62. The van der Waals surface area contributed by atoms with Crippen molar-refractivity contribution in [2.45, 2.75) is 19.6 Å². The molecule has 0 amide bonds. The van der Waals surface area contributed by atoms with E-state index in [9.17, 15) is 0 Å². The van der Waals surface area contributed by atoms with Gasteiger partial charge in [-0.25, -0.2) is 0 Å². The number of fused-ring (bicyclic) bond motifs is 1. The van der Waals surface area contributed by atoms with Gasteiger partial charge < -0.3 is 23.8 Å². The Morgan fingerprint density at radius 1 is 0.909 bits per heavy atom. The number of para-hydroxylation sites is 1. The van der Waals surface area contributed by atoms with Crippen LogP contribution in [0.1, 0.15) is 30.0 Å². The summed E-state index contributed by atoms with van der Waals surface area (Å²) < 4.78 is 16.9. The molecular weight excluding hydrogens is 437 g/mol. The molecule has 7 heteroatoms. The van der Waals surface area contributed by atoms with Crippen molar-refractivity contribution in [1.82, 2.24) is 4.90 Å². The standard InChI is InChI=1S/C26H28NO5P/c1-18(27(2)3)31-21-12-8-19(9-13-21)26(20-10-14-22(15-11-20)32-33(28)29)24-16-17-30-25-7-5-4-6-23(24)25/h4-15,18,28-29H,16-17H2,1-3H3. The molecule has 172 valence electrons. The first-order chi connectivity index (χ1) is 15.9. The lowest BCUT2D eigenvalue weighted by molar-refractivity contribution is 0.0815. The molecule has 0 fully saturated rings. The highest BCUT2D eigenvalue weighted by molar-refractivity contribution is 7.39. The fraction of sp³-hybridized carbons (Fsp3) is 0.231. The van der Waals surface area contributed by atoms with Crippen molar-refractivity contribution < 1.29 is 23.8 Å². The van der Waals surface area contributed by atoms with Gasteiger partial charge >= 0.3 is 8.60 Å². The molecule has 3 aromatic rings. The number of nitrogens with zero attached hydrogens (tertiary/aromatic N) is 1. The van der Waals surface area contributed by atoms with Crippen molar-refractivity contribution in [2.24, 2.45) is 0 Å². The molecule has 6 nitrogen and oxygen atoms in total. The topological polar surface area (TPSA) is 71.4 Å². The molecule has 0 aromatic heterocycles. The van der Waals surface area contributed by atoms with E-state index in [1.807, 2.05) is 68.4 Å². The van der Waals surface area contributed by atoms with Gasteiger partial charge in [-0.1, -0.05) is 42.5 Å². The van der Waals surface area contributed by atoms with Gasteiger partial charge in [0, 0.05) is 12.0 Å². The third-order valence-electron chi connectivity index (χ3n) is 5.63. The van der Waals surface area contributed by atoms with Gasteiger partial charge in [0.1, 0.15) is 23.5 Å². The van der Waals surface area contributed by atoms with Crippen molar-refractivity contribution in [3.63, 3.8) is 0 Å². The molecule has 1 unspecified atom stereocenters. The Kier molecular flexibility index (Phi) is 7.31. The fourth-order valence-electron chi connectivity index (χ4n) is 3.79. The molecule has 1 aliphatic rings. The molecule has 3 aromatic carbocycles. The molecule has 0 spiro atoms. The summed E-state index contributed by atoms with van der Waals surface area (Å²) in [7, 11) is 1.51. The summed E-state index contributed by atoms with van der Waals surface area (Å²) >= 11 is 0. The minimum Gasteiger partial charge on any atom is -0.493 e. The molecule has 0 saturated heterocycles. The number of hydrogen-bond donors (Lipinski definition) is 2. The van der Waals surface area contributed by atoms with E-state index < -0.39 is 8.60 Å². The van der Waals surface area contributed by atoms with Crippen LogP contribution >= 0.6 is 8.60 Å².